The molecule has 1 aromatic carbocycles. The summed E-state index contributed by atoms with van der Waals surface area (Å²) in [5, 5.41) is 0. The second kappa shape index (κ2) is 6.81. The number of ether oxygens (including phenoxy) is 1. The predicted molar refractivity (Wildman–Crippen MR) is 88.4 cm³/mol. The molecule has 0 spiro atoms. The highest BCUT2D eigenvalue weighted by atomic mass is 35.5. The van der Waals surface area contributed by atoms with Gasteiger partial charge in [-0.25, -0.2) is 4.98 Å². The largest absolute Gasteiger partial charge is 0.496 e. The molecule has 112 valence electrons. The van der Waals surface area contributed by atoms with Crippen LogP contribution in [-0.4, -0.2) is 19.1 Å². The first-order valence-electron chi connectivity index (χ1n) is 6.93. The minimum Gasteiger partial charge on any atom is -0.496 e. The van der Waals surface area contributed by atoms with Crippen LogP contribution in [0, 0.1) is 13.8 Å². The smallest absolute Gasteiger partial charge is 0.133 e. The number of para-hydroxylation sites is 1. The van der Waals surface area contributed by atoms with Crippen molar-refractivity contribution in [2.75, 3.05) is 19.1 Å². The summed E-state index contributed by atoms with van der Waals surface area (Å²) >= 11 is 6.10. The molecule has 0 aliphatic heterocycles. The molecule has 0 aliphatic carbocycles. The molecule has 1 heterocycles. The molecule has 0 amide bonds. The fourth-order valence-corrected chi connectivity index (χ4v) is 2.82. The van der Waals surface area contributed by atoms with Crippen molar-refractivity contribution in [1.82, 2.24) is 4.98 Å². The summed E-state index contributed by atoms with van der Waals surface area (Å²) in [6, 6.07) is 10.1. The summed E-state index contributed by atoms with van der Waals surface area (Å²) in [6.45, 7) is 4.81. The van der Waals surface area contributed by atoms with E-state index in [0.29, 0.717) is 5.88 Å². The van der Waals surface area contributed by atoms with Gasteiger partial charge in [-0.2, -0.15) is 0 Å². The topological polar surface area (TPSA) is 25.4 Å². The number of anilines is 1. The Balaban J connectivity index is 2.34. The number of alkyl halides is 1. The molecular formula is C17H21ClN2O. The molecule has 3 nitrogen and oxygen atoms in total. The van der Waals surface area contributed by atoms with E-state index < -0.39 is 0 Å². The Morgan fingerprint density at radius 3 is 2.62 bits per heavy atom. The zero-order valence-electron chi connectivity index (χ0n) is 13.0. The Kier molecular flexibility index (Phi) is 5.07. The fourth-order valence-electron chi connectivity index (χ4n) is 2.49. The van der Waals surface area contributed by atoms with Crippen molar-refractivity contribution in [3.05, 3.63) is 52.7 Å². The number of hydrogen-bond donors (Lipinski definition) is 0. The third-order valence-electron chi connectivity index (χ3n) is 3.55. The van der Waals surface area contributed by atoms with Crippen LogP contribution in [0.4, 0.5) is 5.82 Å². The third-order valence-corrected chi connectivity index (χ3v) is 3.82. The van der Waals surface area contributed by atoms with E-state index in [-0.39, 0.29) is 0 Å². The number of benzene rings is 1. The molecule has 1 aromatic heterocycles. The van der Waals surface area contributed by atoms with Crippen molar-refractivity contribution in [2.24, 2.45) is 0 Å². The average molecular weight is 305 g/mol. The van der Waals surface area contributed by atoms with Gasteiger partial charge < -0.3 is 9.64 Å². The van der Waals surface area contributed by atoms with Crippen LogP contribution in [0.3, 0.4) is 0 Å². The predicted octanol–water partition coefficient (Wildman–Crippen LogP) is 4.08. The van der Waals surface area contributed by atoms with E-state index in [9.17, 15) is 0 Å². The first-order valence-corrected chi connectivity index (χ1v) is 7.46. The lowest BCUT2D eigenvalue weighted by Crippen LogP contribution is -2.20. The number of rotatable bonds is 5. The highest BCUT2D eigenvalue weighted by molar-refractivity contribution is 6.17. The first-order chi connectivity index (χ1) is 10.1. The van der Waals surface area contributed by atoms with Gasteiger partial charge in [-0.1, -0.05) is 18.2 Å². The Morgan fingerprint density at radius 2 is 1.95 bits per heavy atom. The zero-order chi connectivity index (χ0) is 15.4. The quantitative estimate of drug-likeness (QED) is 0.778. The van der Waals surface area contributed by atoms with E-state index in [1.165, 1.54) is 5.56 Å². The van der Waals surface area contributed by atoms with Crippen LogP contribution in [0.15, 0.2) is 30.3 Å². The maximum atomic E-state index is 6.10. The zero-order valence-corrected chi connectivity index (χ0v) is 13.7. The van der Waals surface area contributed by atoms with Crippen molar-refractivity contribution in [3.63, 3.8) is 0 Å². The van der Waals surface area contributed by atoms with Gasteiger partial charge in [0, 0.05) is 30.4 Å². The molecule has 0 fully saturated rings. The normalized spacial score (nSPS) is 10.5. The number of halogens is 1. The summed E-state index contributed by atoms with van der Waals surface area (Å²) in [5.74, 6) is 2.29. The second-order valence-electron chi connectivity index (χ2n) is 5.18. The molecule has 0 radical (unpaired) electrons. The average Bonchev–Trinajstić information content (AvgIpc) is 2.47. The molecule has 0 saturated heterocycles. The van der Waals surface area contributed by atoms with E-state index in [1.54, 1.807) is 7.11 Å². The monoisotopic (exact) mass is 304 g/mol. The van der Waals surface area contributed by atoms with Crippen molar-refractivity contribution in [3.8, 4) is 5.75 Å². The van der Waals surface area contributed by atoms with E-state index in [4.69, 9.17) is 16.3 Å². The van der Waals surface area contributed by atoms with Crippen LogP contribution in [0.25, 0.3) is 0 Å². The van der Waals surface area contributed by atoms with Gasteiger partial charge in [0.2, 0.25) is 0 Å². The molecule has 21 heavy (non-hydrogen) atoms. The Morgan fingerprint density at radius 1 is 1.24 bits per heavy atom. The van der Waals surface area contributed by atoms with E-state index >= 15 is 0 Å². The molecule has 0 saturated carbocycles. The lowest BCUT2D eigenvalue weighted by molar-refractivity contribution is 0.409. The maximum Gasteiger partial charge on any atom is 0.133 e. The van der Waals surface area contributed by atoms with Gasteiger partial charge in [0.1, 0.15) is 11.6 Å². The summed E-state index contributed by atoms with van der Waals surface area (Å²) in [7, 11) is 3.72. The van der Waals surface area contributed by atoms with Crippen LogP contribution in [0.5, 0.6) is 5.75 Å². The van der Waals surface area contributed by atoms with E-state index in [1.807, 2.05) is 32.2 Å². The number of pyridine rings is 1. The van der Waals surface area contributed by atoms with Gasteiger partial charge in [-0.15, -0.1) is 11.6 Å². The lowest BCUT2D eigenvalue weighted by atomic mass is 10.1. The molecule has 0 unspecified atom stereocenters. The van der Waals surface area contributed by atoms with Crippen LogP contribution in [-0.2, 0) is 12.4 Å². The number of hydrogen-bond acceptors (Lipinski definition) is 3. The first kappa shape index (κ1) is 15.6. The second-order valence-corrected chi connectivity index (χ2v) is 5.45. The van der Waals surface area contributed by atoms with Crippen molar-refractivity contribution >= 4 is 17.4 Å². The van der Waals surface area contributed by atoms with Crippen LogP contribution < -0.4 is 9.64 Å². The van der Waals surface area contributed by atoms with Crippen molar-refractivity contribution in [2.45, 2.75) is 26.3 Å². The fraction of sp³-hybridized carbons (Fsp3) is 0.353. The summed E-state index contributed by atoms with van der Waals surface area (Å²) in [5.41, 5.74) is 4.39. The van der Waals surface area contributed by atoms with Gasteiger partial charge in [0.05, 0.1) is 13.0 Å². The van der Waals surface area contributed by atoms with Crippen molar-refractivity contribution in [1.29, 1.82) is 0 Å². The Bertz CT molecular complexity index is 628. The molecule has 0 bridgehead atoms. The molecular weight excluding hydrogens is 284 g/mol. The Labute approximate surface area is 131 Å². The van der Waals surface area contributed by atoms with Gasteiger partial charge in [-0.3, -0.25) is 0 Å². The van der Waals surface area contributed by atoms with Crippen LogP contribution in [0.1, 0.15) is 22.4 Å². The summed E-state index contributed by atoms with van der Waals surface area (Å²) in [6.07, 6.45) is 0. The maximum absolute atomic E-state index is 6.10. The number of aryl methyl sites for hydroxylation is 2. The number of nitrogens with zero attached hydrogens (tertiary/aromatic N) is 2. The van der Waals surface area contributed by atoms with E-state index in [2.05, 4.69) is 28.9 Å². The molecule has 0 aliphatic rings. The molecule has 2 aromatic rings. The van der Waals surface area contributed by atoms with Crippen LogP contribution >= 0.6 is 11.6 Å². The number of methoxy groups -OCH3 is 1. The van der Waals surface area contributed by atoms with E-state index in [0.717, 1.165) is 34.9 Å². The standard InChI is InChI=1S/C17H21ClN2O/c1-12-9-13(2)19-17(15(12)10-18)20(3)11-14-7-5-6-8-16(14)21-4/h5-9H,10-11H2,1-4H3. The highest BCUT2D eigenvalue weighted by Crippen LogP contribution is 2.26. The van der Waals surface area contributed by atoms with Gasteiger partial charge in [0.15, 0.2) is 0 Å². The summed E-state index contributed by atoms with van der Waals surface area (Å²) in [4.78, 5) is 6.78. The van der Waals surface area contributed by atoms with Gasteiger partial charge >= 0.3 is 0 Å². The molecule has 4 heteroatoms. The SMILES string of the molecule is COc1ccccc1CN(C)c1nc(C)cc(C)c1CCl. The minimum atomic E-state index is 0.463. The lowest BCUT2D eigenvalue weighted by Gasteiger charge is -2.23. The van der Waals surface area contributed by atoms with Gasteiger partial charge in [-0.05, 0) is 31.5 Å². The summed E-state index contributed by atoms with van der Waals surface area (Å²) < 4.78 is 5.41. The highest BCUT2D eigenvalue weighted by Gasteiger charge is 2.14. The third kappa shape index (κ3) is 3.48. The van der Waals surface area contributed by atoms with Crippen molar-refractivity contribution < 1.29 is 4.74 Å². The minimum absolute atomic E-state index is 0.463. The molecule has 0 N–H and O–H groups in total. The molecule has 0 atom stereocenters. The van der Waals surface area contributed by atoms with Crippen LogP contribution in [0.2, 0.25) is 0 Å². The number of aromatic nitrogens is 1. The van der Waals surface area contributed by atoms with Gasteiger partial charge in [0.25, 0.3) is 0 Å². The Hall–Kier alpha value is -1.74. The molecule has 2 rings (SSSR count).